The summed E-state index contributed by atoms with van der Waals surface area (Å²) in [6.45, 7) is 3.30. The molecule has 130 valence electrons. The number of nitrogens with zero attached hydrogens (tertiary/aromatic N) is 1. The first-order chi connectivity index (χ1) is 11.8. The van der Waals surface area contributed by atoms with E-state index in [0.29, 0.717) is 11.3 Å². The Labute approximate surface area is 152 Å². The van der Waals surface area contributed by atoms with Crippen LogP contribution in [-0.4, -0.2) is 17.0 Å². The molecule has 0 saturated heterocycles. The molecule has 0 aliphatic carbocycles. The highest BCUT2D eigenvalue weighted by atomic mass is 79.9. The van der Waals surface area contributed by atoms with E-state index >= 15 is 0 Å². The van der Waals surface area contributed by atoms with E-state index in [1.807, 2.05) is 0 Å². The van der Waals surface area contributed by atoms with Gasteiger partial charge in [-0.05, 0) is 37.6 Å². The van der Waals surface area contributed by atoms with Crippen molar-refractivity contribution in [2.45, 2.75) is 25.8 Å². The number of anilines is 1. The van der Waals surface area contributed by atoms with Gasteiger partial charge in [-0.1, -0.05) is 34.1 Å². The van der Waals surface area contributed by atoms with Gasteiger partial charge in [0, 0.05) is 16.8 Å². The quantitative estimate of drug-likeness (QED) is 0.557. The van der Waals surface area contributed by atoms with Gasteiger partial charge in [0.1, 0.15) is 11.6 Å². The number of rotatable bonds is 4. The Morgan fingerprint density at radius 2 is 1.80 bits per heavy atom. The molecule has 0 fully saturated rings. The summed E-state index contributed by atoms with van der Waals surface area (Å²) >= 11 is 3.13. The van der Waals surface area contributed by atoms with E-state index in [4.69, 9.17) is 0 Å². The van der Waals surface area contributed by atoms with E-state index in [-0.39, 0.29) is 29.1 Å². The maximum Gasteiger partial charge on any atom is 0.237 e. The van der Waals surface area contributed by atoms with E-state index in [1.54, 1.807) is 32.0 Å². The van der Waals surface area contributed by atoms with Gasteiger partial charge in [0.25, 0.3) is 0 Å². The average Bonchev–Trinajstić information content (AvgIpc) is 2.77. The molecular formula is C19H16BrF2NO2. The van der Waals surface area contributed by atoms with Crippen molar-refractivity contribution in [3.8, 4) is 0 Å². The molecule has 0 radical (unpaired) electrons. The number of hydrogen-bond acceptors (Lipinski definition) is 2. The summed E-state index contributed by atoms with van der Waals surface area (Å²) < 4.78 is 28.0. The molecule has 2 aromatic carbocycles. The maximum absolute atomic E-state index is 14.0. The summed E-state index contributed by atoms with van der Waals surface area (Å²) in [7, 11) is 0. The van der Waals surface area contributed by atoms with Crippen molar-refractivity contribution >= 4 is 33.3 Å². The Bertz CT molecular complexity index is 859. The molecule has 0 N–H and O–H groups in total. The lowest BCUT2D eigenvalue weighted by molar-refractivity contribution is -0.122. The fourth-order valence-electron chi connectivity index (χ4n) is 3.09. The number of Topliss-reactive ketones (excluding diaryl/α,β-unsaturated/α-hetero) is 1. The van der Waals surface area contributed by atoms with E-state index in [9.17, 15) is 18.4 Å². The smallest absolute Gasteiger partial charge is 0.237 e. The minimum atomic E-state index is -0.826. The summed E-state index contributed by atoms with van der Waals surface area (Å²) in [6.07, 6.45) is 0. The molecule has 1 amide bonds. The number of ketones is 1. The molecule has 0 spiro atoms. The third kappa shape index (κ3) is 2.88. The first kappa shape index (κ1) is 17.7. The molecular weight excluding hydrogens is 392 g/mol. The van der Waals surface area contributed by atoms with Crippen LogP contribution in [0.3, 0.4) is 0 Å². The van der Waals surface area contributed by atoms with Crippen LogP contribution in [0.15, 0.2) is 36.4 Å². The SMILES string of the molecule is CC1(C)C(=O)N(Cc2c(F)cccc2F)c2cc(C(=O)CBr)ccc21. The minimum Gasteiger partial charge on any atom is -0.307 e. The van der Waals surface area contributed by atoms with Crippen molar-refractivity contribution in [3.63, 3.8) is 0 Å². The van der Waals surface area contributed by atoms with Gasteiger partial charge in [0.05, 0.1) is 17.3 Å². The summed E-state index contributed by atoms with van der Waals surface area (Å²) in [6, 6.07) is 8.63. The summed E-state index contributed by atoms with van der Waals surface area (Å²) in [5, 5.41) is 0.158. The summed E-state index contributed by atoms with van der Waals surface area (Å²) in [5.41, 5.74) is 0.703. The van der Waals surface area contributed by atoms with Crippen LogP contribution in [0.4, 0.5) is 14.5 Å². The van der Waals surface area contributed by atoms with Crippen LogP contribution in [-0.2, 0) is 16.8 Å². The van der Waals surface area contributed by atoms with Crippen LogP contribution in [0.5, 0.6) is 0 Å². The molecule has 1 heterocycles. The fraction of sp³-hybridized carbons (Fsp3) is 0.263. The predicted octanol–water partition coefficient (Wildman–Crippen LogP) is 4.37. The molecule has 25 heavy (non-hydrogen) atoms. The van der Waals surface area contributed by atoms with Crippen molar-refractivity contribution in [2.24, 2.45) is 0 Å². The highest BCUT2D eigenvalue weighted by molar-refractivity contribution is 9.09. The van der Waals surface area contributed by atoms with Gasteiger partial charge >= 0.3 is 0 Å². The van der Waals surface area contributed by atoms with E-state index in [0.717, 1.165) is 17.7 Å². The Morgan fingerprint density at radius 1 is 1.16 bits per heavy atom. The zero-order chi connectivity index (χ0) is 18.4. The lowest BCUT2D eigenvalue weighted by Gasteiger charge is -2.21. The number of carbonyl (C=O) groups excluding carboxylic acids is 2. The van der Waals surface area contributed by atoms with Gasteiger partial charge < -0.3 is 4.90 Å². The zero-order valence-corrected chi connectivity index (χ0v) is 15.4. The minimum absolute atomic E-state index is 0.128. The third-order valence-corrected chi connectivity index (χ3v) is 5.07. The number of alkyl halides is 1. The zero-order valence-electron chi connectivity index (χ0n) is 13.8. The Kier molecular flexibility index (Phi) is 4.49. The topological polar surface area (TPSA) is 37.4 Å². The van der Waals surface area contributed by atoms with Crippen molar-refractivity contribution < 1.29 is 18.4 Å². The number of halogens is 3. The molecule has 0 unspecified atom stereocenters. The van der Waals surface area contributed by atoms with E-state index < -0.39 is 17.0 Å². The molecule has 1 aliphatic heterocycles. The summed E-state index contributed by atoms with van der Waals surface area (Å²) in [4.78, 5) is 26.2. The highest BCUT2D eigenvalue weighted by Crippen LogP contribution is 2.43. The van der Waals surface area contributed by atoms with Gasteiger partial charge in [-0.2, -0.15) is 0 Å². The number of hydrogen-bond donors (Lipinski definition) is 0. The number of benzene rings is 2. The van der Waals surface area contributed by atoms with Gasteiger partial charge in [-0.25, -0.2) is 8.78 Å². The van der Waals surface area contributed by atoms with E-state index in [2.05, 4.69) is 15.9 Å². The number of amides is 1. The second-order valence-electron chi connectivity index (χ2n) is 6.51. The molecule has 0 saturated carbocycles. The second-order valence-corrected chi connectivity index (χ2v) is 7.07. The number of carbonyl (C=O) groups is 2. The van der Waals surface area contributed by atoms with Gasteiger partial charge in [-0.15, -0.1) is 0 Å². The van der Waals surface area contributed by atoms with Crippen molar-refractivity contribution in [1.82, 2.24) is 0 Å². The molecule has 6 heteroatoms. The largest absolute Gasteiger partial charge is 0.307 e. The van der Waals surface area contributed by atoms with Crippen LogP contribution in [0, 0.1) is 11.6 Å². The van der Waals surface area contributed by atoms with E-state index in [1.165, 1.54) is 11.0 Å². The summed E-state index contributed by atoms with van der Waals surface area (Å²) in [5.74, 6) is -1.79. The van der Waals surface area contributed by atoms with Gasteiger partial charge in [-0.3, -0.25) is 9.59 Å². The molecule has 0 atom stereocenters. The highest BCUT2D eigenvalue weighted by Gasteiger charge is 2.44. The number of fused-ring (bicyclic) bond motifs is 1. The predicted molar refractivity (Wildman–Crippen MR) is 95.1 cm³/mol. The average molecular weight is 408 g/mol. The molecule has 3 rings (SSSR count). The van der Waals surface area contributed by atoms with Crippen LogP contribution in [0.1, 0.15) is 35.3 Å². The molecule has 0 aromatic heterocycles. The molecule has 0 bridgehead atoms. The van der Waals surface area contributed by atoms with Crippen LogP contribution < -0.4 is 4.90 Å². The fourth-order valence-corrected chi connectivity index (χ4v) is 3.42. The van der Waals surface area contributed by atoms with Gasteiger partial charge in [0.2, 0.25) is 5.91 Å². The maximum atomic E-state index is 14.0. The molecule has 2 aromatic rings. The van der Waals surface area contributed by atoms with Crippen LogP contribution in [0.2, 0.25) is 0 Å². The molecule has 1 aliphatic rings. The van der Waals surface area contributed by atoms with Crippen molar-refractivity contribution in [1.29, 1.82) is 0 Å². The lowest BCUT2D eigenvalue weighted by Crippen LogP contribution is -2.36. The first-order valence-electron chi connectivity index (χ1n) is 7.76. The van der Waals surface area contributed by atoms with Crippen molar-refractivity contribution in [2.75, 3.05) is 10.2 Å². The first-order valence-corrected chi connectivity index (χ1v) is 8.88. The second kappa shape index (κ2) is 6.33. The Hall–Kier alpha value is -2.08. The normalized spacial score (nSPS) is 15.4. The Morgan fingerprint density at radius 3 is 2.40 bits per heavy atom. The van der Waals surface area contributed by atoms with Crippen LogP contribution >= 0.6 is 15.9 Å². The monoisotopic (exact) mass is 407 g/mol. The van der Waals surface area contributed by atoms with Gasteiger partial charge in [0.15, 0.2) is 5.78 Å². The third-order valence-electron chi connectivity index (χ3n) is 4.56. The van der Waals surface area contributed by atoms with Crippen molar-refractivity contribution in [3.05, 3.63) is 64.7 Å². The molecule has 3 nitrogen and oxygen atoms in total. The standard InChI is InChI=1S/C19H16BrF2NO2/c1-19(2)13-7-6-11(17(24)9-20)8-16(13)23(18(19)25)10-12-14(21)4-3-5-15(12)22/h3-8H,9-10H2,1-2H3. The Balaban J connectivity index is 2.10. The van der Waals surface area contributed by atoms with Crippen LogP contribution in [0.25, 0.3) is 0 Å². The lowest BCUT2D eigenvalue weighted by atomic mass is 9.85.